The van der Waals surface area contributed by atoms with Crippen LogP contribution in [0.4, 0.5) is 17.3 Å². The maximum Gasteiger partial charge on any atom is 0.238 e. The van der Waals surface area contributed by atoms with E-state index in [0.29, 0.717) is 54.0 Å². The number of aromatic nitrogens is 2. The van der Waals surface area contributed by atoms with Gasteiger partial charge in [0, 0.05) is 57.6 Å². The third-order valence-corrected chi connectivity index (χ3v) is 6.51. The molecule has 0 fully saturated rings. The van der Waals surface area contributed by atoms with Gasteiger partial charge in [-0.05, 0) is 20.2 Å². The summed E-state index contributed by atoms with van der Waals surface area (Å²) >= 11 is 0. The predicted molar refractivity (Wildman–Crippen MR) is 141 cm³/mol. The molecular weight excluding hydrogens is 476 g/mol. The van der Waals surface area contributed by atoms with Crippen LogP contribution in [0.5, 0.6) is 11.5 Å². The summed E-state index contributed by atoms with van der Waals surface area (Å²) in [6, 6.07) is 3.63. The molecule has 37 heavy (non-hydrogen) atoms. The second kappa shape index (κ2) is 11.5. The fraction of sp³-hybridized carbons (Fsp3) is 0.480. The van der Waals surface area contributed by atoms with E-state index in [1.807, 2.05) is 32.1 Å². The molecule has 0 aliphatic carbocycles. The number of amides is 2. The van der Waals surface area contributed by atoms with Crippen LogP contribution in [0.1, 0.15) is 17.0 Å². The molecule has 2 aliphatic rings. The van der Waals surface area contributed by atoms with E-state index in [9.17, 15) is 9.59 Å². The quantitative estimate of drug-likeness (QED) is 0.613. The molecule has 0 radical (unpaired) electrons. The SMILES string of the molecule is COc1cc2cc(c1OC)CN(C)CC(=O)N(C)CCN(C)CCNc1ncnc3c1C(C=N2)C(=O)N3. The van der Waals surface area contributed by atoms with E-state index in [-0.39, 0.29) is 18.4 Å². The minimum Gasteiger partial charge on any atom is -0.493 e. The lowest BCUT2D eigenvalue weighted by Crippen LogP contribution is -2.40. The van der Waals surface area contributed by atoms with Crippen LogP contribution >= 0.6 is 0 Å². The largest absolute Gasteiger partial charge is 0.493 e. The van der Waals surface area contributed by atoms with Crippen LogP contribution < -0.4 is 20.1 Å². The number of nitrogens with zero attached hydrogens (tertiary/aromatic N) is 6. The number of aliphatic imine (C=N–C) groups is 1. The molecule has 2 aliphatic heterocycles. The summed E-state index contributed by atoms with van der Waals surface area (Å²) in [4.78, 5) is 44.7. The summed E-state index contributed by atoms with van der Waals surface area (Å²) in [6.07, 6.45) is 3.03. The number of rotatable bonds is 2. The van der Waals surface area contributed by atoms with Crippen molar-refractivity contribution >= 4 is 35.4 Å². The highest BCUT2D eigenvalue weighted by atomic mass is 16.5. The van der Waals surface area contributed by atoms with Crippen molar-refractivity contribution in [1.29, 1.82) is 0 Å². The molecule has 2 aromatic rings. The minimum absolute atomic E-state index is 0.0289. The number of carbonyl (C=O) groups is 2. The summed E-state index contributed by atoms with van der Waals surface area (Å²) in [5.41, 5.74) is 2.07. The number of hydrogen-bond donors (Lipinski definition) is 2. The van der Waals surface area contributed by atoms with Crippen LogP contribution in [0.25, 0.3) is 0 Å². The molecule has 1 unspecified atom stereocenters. The average Bonchev–Trinajstić information content (AvgIpc) is 3.20. The molecule has 2 N–H and O–H groups in total. The minimum atomic E-state index is -0.649. The molecule has 2 bridgehead atoms. The molecule has 1 atom stereocenters. The zero-order valence-electron chi connectivity index (χ0n) is 21.9. The van der Waals surface area contributed by atoms with Crippen molar-refractivity contribution < 1.29 is 19.1 Å². The summed E-state index contributed by atoms with van der Waals surface area (Å²) in [7, 11) is 8.85. The third-order valence-electron chi connectivity index (χ3n) is 6.51. The number of benzene rings is 1. The molecule has 0 saturated heterocycles. The van der Waals surface area contributed by atoms with Gasteiger partial charge in [0.15, 0.2) is 11.5 Å². The van der Waals surface area contributed by atoms with Crippen LogP contribution in [-0.4, -0.2) is 111 Å². The van der Waals surface area contributed by atoms with E-state index in [0.717, 1.165) is 18.7 Å². The molecule has 12 nitrogen and oxygen atoms in total. The van der Waals surface area contributed by atoms with Gasteiger partial charge in [0.05, 0.1) is 32.0 Å². The number of carbonyl (C=O) groups excluding carboxylic acids is 2. The third kappa shape index (κ3) is 5.97. The number of methoxy groups -OCH3 is 2. The van der Waals surface area contributed by atoms with Gasteiger partial charge >= 0.3 is 0 Å². The number of anilines is 2. The molecule has 0 spiro atoms. The Balaban J connectivity index is 1.73. The van der Waals surface area contributed by atoms with E-state index in [2.05, 4.69) is 30.5 Å². The van der Waals surface area contributed by atoms with E-state index in [4.69, 9.17) is 9.47 Å². The van der Waals surface area contributed by atoms with E-state index < -0.39 is 5.92 Å². The first-order chi connectivity index (χ1) is 17.8. The Morgan fingerprint density at radius 3 is 2.49 bits per heavy atom. The lowest BCUT2D eigenvalue weighted by atomic mass is 10.0. The lowest BCUT2D eigenvalue weighted by Gasteiger charge is -2.25. The number of ether oxygens (including phenoxy) is 2. The summed E-state index contributed by atoms with van der Waals surface area (Å²) in [6.45, 7) is 3.35. The van der Waals surface area contributed by atoms with Gasteiger partial charge < -0.3 is 29.9 Å². The Labute approximate surface area is 216 Å². The lowest BCUT2D eigenvalue weighted by molar-refractivity contribution is -0.131. The Morgan fingerprint density at radius 1 is 0.946 bits per heavy atom. The van der Waals surface area contributed by atoms with Gasteiger partial charge in [0.2, 0.25) is 11.8 Å². The highest BCUT2D eigenvalue weighted by Gasteiger charge is 2.34. The Bertz CT molecular complexity index is 1190. The zero-order chi connectivity index (χ0) is 26.5. The van der Waals surface area contributed by atoms with Crippen LogP contribution in [-0.2, 0) is 16.1 Å². The zero-order valence-corrected chi connectivity index (χ0v) is 21.9. The second-order valence-electron chi connectivity index (χ2n) is 9.29. The van der Waals surface area contributed by atoms with E-state index in [1.165, 1.54) is 6.33 Å². The fourth-order valence-corrected chi connectivity index (χ4v) is 4.40. The monoisotopic (exact) mass is 510 g/mol. The predicted octanol–water partition coefficient (Wildman–Crippen LogP) is 1.18. The van der Waals surface area contributed by atoms with Gasteiger partial charge in [-0.15, -0.1) is 0 Å². The Kier molecular flexibility index (Phi) is 8.19. The first-order valence-corrected chi connectivity index (χ1v) is 12.1. The van der Waals surface area contributed by atoms with Gasteiger partial charge in [-0.3, -0.25) is 19.5 Å². The summed E-state index contributed by atoms with van der Waals surface area (Å²) in [5.74, 6) is 1.32. The van der Waals surface area contributed by atoms with Crippen LogP contribution in [0.15, 0.2) is 23.5 Å². The molecule has 2 amide bonds. The Hall–Kier alpha value is -3.77. The normalized spacial score (nSPS) is 19.8. The van der Waals surface area contributed by atoms with Gasteiger partial charge in [-0.25, -0.2) is 9.97 Å². The second-order valence-corrected chi connectivity index (χ2v) is 9.29. The van der Waals surface area contributed by atoms with E-state index >= 15 is 0 Å². The molecule has 198 valence electrons. The van der Waals surface area contributed by atoms with Crippen LogP contribution in [0.3, 0.4) is 0 Å². The van der Waals surface area contributed by atoms with Crippen molar-refractivity contribution in [3.8, 4) is 11.5 Å². The van der Waals surface area contributed by atoms with Crippen molar-refractivity contribution in [2.75, 3.05) is 78.7 Å². The Morgan fingerprint density at radius 2 is 1.73 bits per heavy atom. The number of fused-ring (bicyclic) bond motifs is 2. The van der Waals surface area contributed by atoms with E-state index in [1.54, 1.807) is 31.4 Å². The fourth-order valence-electron chi connectivity index (χ4n) is 4.40. The van der Waals surface area contributed by atoms with Gasteiger partial charge in [-0.2, -0.15) is 0 Å². The molecule has 1 aromatic heterocycles. The molecular formula is C25H34N8O4. The topological polar surface area (TPSA) is 125 Å². The van der Waals surface area contributed by atoms with Crippen molar-refractivity contribution in [3.63, 3.8) is 0 Å². The van der Waals surface area contributed by atoms with Gasteiger partial charge in [0.25, 0.3) is 0 Å². The number of nitrogens with one attached hydrogen (secondary N) is 2. The van der Waals surface area contributed by atoms with Crippen molar-refractivity contribution in [1.82, 2.24) is 24.7 Å². The van der Waals surface area contributed by atoms with Crippen LogP contribution in [0, 0.1) is 0 Å². The first kappa shape index (κ1) is 26.3. The first-order valence-electron chi connectivity index (χ1n) is 12.1. The standard InChI is InChI=1S/C25H34N8O4/c1-31-7-6-26-23-21-18(25(35)30-24(21)29-15-28-23)12-27-17-10-16(22(37-5)19(11-17)36-4)13-32(2)14-20(34)33(3)9-8-31/h10-12,15,18H,6-9,13-14H2,1-5H3,(H2,26,28,29,30,35). The maximum atomic E-state index is 12.8. The molecule has 0 saturated carbocycles. The smallest absolute Gasteiger partial charge is 0.238 e. The van der Waals surface area contributed by atoms with Crippen molar-refractivity contribution in [3.05, 3.63) is 29.6 Å². The summed E-state index contributed by atoms with van der Waals surface area (Å²) in [5, 5.41) is 6.16. The summed E-state index contributed by atoms with van der Waals surface area (Å²) < 4.78 is 11.2. The molecule has 3 heterocycles. The maximum absolute atomic E-state index is 12.8. The highest BCUT2D eigenvalue weighted by Crippen LogP contribution is 2.38. The van der Waals surface area contributed by atoms with Crippen molar-refractivity contribution in [2.24, 2.45) is 4.99 Å². The van der Waals surface area contributed by atoms with Gasteiger partial charge in [-0.1, -0.05) is 0 Å². The molecule has 12 heteroatoms. The highest BCUT2D eigenvalue weighted by molar-refractivity contribution is 6.13. The van der Waals surface area contributed by atoms with Crippen LogP contribution in [0.2, 0.25) is 0 Å². The number of likely N-dealkylation sites (N-methyl/N-ethyl adjacent to an activating group) is 3. The van der Waals surface area contributed by atoms with Crippen molar-refractivity contribution in [2.45, 2.75) is 12.5 Å². The molecule has 1 aromatic carbocycles. The molecule has 4 rings (SSSR count). The average molecular weight is 511 g/mol. The number of hydrogen-bond acceptors (Lipinski definition) is 10. The van der Waals surface area contributed by atoms with Gasteiger partial charge in [0.1, 0.15) is 23.9 Å².